The average molecular weight is 342 g/mol. The normalized spacial score (nSPS) is 10.4. The van der Waals surface area contributed by atoms with Crippen molar-refractivity contribution >= 4 is 0 Å². The fraction of sp³-hybridized carbons (Fsp3) is 0.143. The van der Waals surface area contributed by atoms with E-state index in [9.17, 15) is 8.78 Å². The molecule has 124 valence electrons. The molecular formula is C14H8F2N8O. The molecular weight excluding hydrogens is 334 g/mol. The van der Waals surface area contributed by atoms with Crippen LogP contribution in [0.2, 0.25) is 0 Å². The highest BCUT2D eigenvalue weighted by molar-refractivity contribution is 5.38. The third kappa shape index (κ3) is 3.25. The van der Waals surface area contributed by atoms with Crippen LogP contribution < -0.4 is 4.74 Å². The summed E-state index contributed by atoms with van der Waals surface area (Å²) in [6.07, 6.45) is 1.34. The van der Waals surface area contributed by atoms with Gasteiger partial charge in [0.05, 0.1) is 18.6 Å². The summed E-state index contributed by atoms with van der Waals surface area (Å²) in [5.74, 6) is 0.370. The van der Waals surface area contributed by atoms with Crippen LogP contribution in [0.15, 0.2) is 30.6 Å². The molecule has 3 aromatic rings. The number of tetrazole rings is 1. The number of hydrogen-bond acceptors (Lipinski definition) is 7. The standard InChI is InChI=1S/C14H8F2N8O/c15-14(16)25-10-3-1-9(2-4-10)24-13(20-21-22-24)7-23-8-19-11(5-17)12(23)6-18/h1-4,8,14H,7H2. The maximum Gasteiger partial charge on any atom is 0.387 e. The predicted molar refractivity (Wildman–Crippen MR) is 76.5 cm³/mol. The van der Waals surface area contributed by atoms with Gasteiger partial charge in [-0.3, -0.25) is 0 Å². The van der Waals surface area contributed by atoms with Crippen molar-refractivity contribution in [3.8, 4) is 23.6 Å². The van der Waals surface area contributed by atoms with Crippen molar-refractivity contribution in [3.05, 3.63) is 47.8 Å². The van der Waals surface area contributed by atoms with Gasteiger partial charge < -0.3 is 9.30 Å². The van der Waals surface area contributed by atoms with E-state index < -0.39 is 6.61 Å². The van der Waals surface area contributed by atoms with E-state index in [1.807, 2.05) is 12.1 Å². The molecule has 2 heterocycles. The molecule has 0 bridgehead atoms. The maximum absolute atomic E-state index is 12.2. The van der Waals surface area contributed by atoms with Gasteiger partial charge in [0.25, 0.3) is 0 Å². The lowest BCUT2D eigenvalue weighted by molar-refractivity contribution is -0.0498. The minimum Gasteiger partial charge on any atom is -0.435 e. The lowest BCUT2D eigenvalue weighted by Gasteiger charge is -2.08. The minimum absolute atomic E-state index is 0.00779. The van der Waals surface area contributed by atoms with Crippen molar-refractivity contribution in [3.63, 3.8) is 0 Å². The first kappa shape index (κ1) is 16.0. The lowest BCUT2D eigenvalue weighted by Crippen LogP contribution is -2.09. The monoisotopic (exact) mass is 342 g/mol. The number of nitrogens with zero attached hydrogens (tertiary/aromatic N) is 8. The van der Waals surface area contributed by atoms with Crippen molar-refractivity contribution in [1.29, 1.82) is 10.5 Å². The van der Waals surface area contributed by atoms with Crippen molar-refractivity contribution in [2.75, 3.05) is 0 Å². The summed E-state index contributed by atoms with van der Waals surface area (Å²) in [4.78, 5) is 3.84. The number of rotatable bonds is 5. The molecule has 11 heteroatoms. The van der Waals surface area contributed by atoms with Gasteiger partial charge in [0.15, 0.2) is 17.2 Å². The number of benzene rings is 1. The second-order valence-electron chi connectivity index (χ2n) is 4.67. The van der Waals surface area contributed by atoms with Crippen LogP contribution in [0, 0.1) is 22.7 Å². The molecule has 0 atom stereocenters. The molecule has 2 aromatic heterocycles. The molecule has 0 amide bonds. The Bertz CT molecular complexity index is 964. The first-order valence-electron chi connectivity index (χ1n) is 6.80. The largest absolute Gasteiger partial charge is 0.435 e. The Hall–Kier alpha value is -3.86. The highest BCUT2D eigenvalue weighted by atomic mass is 19.3. The molecule has 0 aliphatic heterocycles. The Kier molecular flexibility index (Phi) is 4.30. The highest BCUT2D eigenvalue weighted by Crippen LogP contribution is 2.18. The Morgan fingerprint density at radius 1 is 1.16 bits per heavy atom. The molecule has 0 unspecified atom stereocenters. The van der Waals surface area contributed by atoms with Crippen molar-refractivity contribution in [1.82, 2.24) is 29.8 Å². The molecule has 0 aliphatic rings. The predicted octanol–water partition coefficient (Wildman–Crippen LogP) is 1.25. The summed E-state index contributed by atoms with van der Waals surface area (Å²) < 4.78 is 31.5. The zero-order valence-corrected chi connectivity index (χ0v) is 12.4. The first-order valence-corrected chi connectivity index (χ1v) is 6.80. The molecule has 3 rings (SSSR count). The van der Waals surface area contributed by atoms with Gasteiger partial charge in [-0.25, -0.2) is 4.98 Å². The van der Waals surface area contributed by atoms with Gasteiger partial charge in [0.1, 0.15) is 17.9 Å². The Labute approximate surface area is 139 Å². The van der Waals surface area contributed by atoms with Crippen LogP contribution >= 0.6 is 0 Å². The summed E-state index contributed by atoms with van der Waals surface area (Å²) in [6, 6.07) is 9.47. The molecule has 9 nitrogen and oxygen atoms in total. The van der Waals surface area contributed by atoms with E-state index in [0.717, 1.165) is 0 Å². The molecule has 25 heavy (non-hydrogen) atoms. The number of imidazole rings is 1. The fourth-order valence-electron chi connectivity index (χ4n) is 2.13. The summed E-state index contributed by atoms with van der Waals surface area (Å²) in [5.41, 5.74) is 0.619. The van der Waals surface area contributed by atoms with Crippen molar-refractivity contribution < 1.29 is 13.5 Å². The molecule has 0 N–H and O–H groups in total. The van der Waals surface area contributed by atoms with E-state index in [1.165, 1.54) is 39.8 Å². The highest BCUT2D eigenvalue weighted by Gasteiger charge is 2.15. The summed E-state index contributed by atoms with van der Waals surface area (Å²) in [6.45, 7) is -2.81. The zero-order valence-electron chi connectivity index (χ0n) is 12.4. The van der Waals surface area contributed by atoms with Crippen molar-refractivity contribution in [2.24, 2.45) is 0 Å². The number of halogens is 2. The number of alkyl halides is 2. The Balaban J connectivity index is 1.88. The Morgan fingerprint density at radius 2 is 1.92 bits per heavy atom. The quantitative estimate of drug-likeness (QED) is 0.684. The van der Waals surface area contributed by atoms with E-state index in [1.54, 1.807) is 0 Å². The minimum atomic E-state index is -2.91. The summed E-state index contributed by atoms with van der Waals surface area (Å²) in [5, 5.41) is 29.4. The third-order valence-electron chi connectivity index (χ3n) is 3.20. The van der Waals surface area contributed by atoms with Gasteiger partial charge >= 0.3 is 6.61 Å². The Morgan fingerprint density at radius 3 is 2.56 bits per heavy atom. The van der Waals surface area contributed by atoms with E-state index in [-0.39, 0.29) is 23.7 Å². The van der Waals surface area contributed by atoms with E-state index >= 15 is 0 Å². The fourth-order valence-corrected chi connectivity index (χ4v) is 2.13. The number of ether oxygens (including phenoxy) is 1. The lowest BCUT2D eigenvalue weighted by atomic mass is 10.3. The molecule has 0 spiro atoms. The van der Waals surface area contributed by atoms with Gasteiger partial charge in [0, 0.05) is 0 Å². The molecule has 0 saturated carbocycles. The second kappa shape index (κ2) is 6.72. The molecule has 0 aliphatic carbocycles. The second-order valence-corrected chi connectivity index (χ2v) is 4.67. The van der Waals surface area contributed by atoms with Crippen LogP contribution in [0.3, 0.4) is 0 Å². The van der Waals surface area contributed by atoms with Gasteiger partial charge in [-0.15, -0.1) is 5.10 Å². The summed E-state index contributed by atoms with van der Waals surface area (Å²) in [7, 11) is 0. The summed E-state index contributed by atoms with van der Waals surface area (Å²) >= 11 is 0. The van der Waals surface area contributed by atoms with Crippen LogP contribution in [-0.2, 0) is 6.54 Å². The van der Waals surface area contributed by atoms with Gasteiger partial charge in [-0.2, -0.15) is 24.0 Å². The van der Waals surface area contributed by atoms with Crippen LogP contribution in [0.1, 0.15) is 17.2 Å². The maximum atomic E-state index is 12.2. The van der Waals surface area contributed by atoms with E-state index in [2.05, 4.69) is 25.2 Å². The molecule has 0 fully saturated rings. The van der Waals surface area contributed by atoms with Gasteiger partial charge in [-0.05, 0) is 34.7 Å². The average Bonchev–Trinajstić information content (AvgIpc) is 3.22. The molecule has 0 saturated heterocycles. The van der Waals surface area contributed by atoms with Crippen molar-refractivity contribution in [2.45, 2.75) is 13.2 Å². The van der Waals surface area contributed by atoms with Crippen LogP contribution in [0.4, 0.5) is 8.78 Å². The molecule has 0 radical (unpaired) electrons. The van der Waals surface area contributed by atoms with E-state index in [0.29, 0.717) is 11.5 Å². The third-order valence-corrected chi connectivity index (χ3v) is 3.20. The number of nitriles is 2. The first-order chi connectivity index (χ1) is 12.1. The topological polar surface area (TPSA) is 118 Å². The van der Waals surface area contributed by atoms with Crippen LogP contribution in [0.25, 0.3) is 5.69 Å². The SMILES string of the molecule is N#Cc1ncn(Cc2nnnn2-c2ccc(OC(F)F)cc2)c1C#N. The number of hydrogen-bond donors (Lipinski definition) is 0. The van der Waals surface area contributed by atoms with Crippen LogP contribution in [0.5, 0.6) is 5.75 Å². The smallest absolute Gasteiger partial charge is 0.387 e. The molecule has 1 aromatic carbocycles. The zero-order chi connectivity index (χ0) is 17.8. The van der Waals surface area contributed by atoms with Gasteiger partial charge in [0.2, 0.25) is 0 Å². The van der Waals surface area contributed by atoms with Gasteiger partial charge in [-0.1, -0.05) is 0 Å². The number of aromatic nitrogens is 6. The van der Waals surface area contributed by atoms with E-state index in [4.69, 9.17) is 10.5 Å². The van der Waals surface area contributed by atoms with Crippen LogP contribution in [-0.4, -0.2) is 36.4 Å².